The second-order valence-electron chi connectivity index (χ2n) is 3.55. The van der Waals surface area contributed by atoms with Gasteiger partial charge in [-0.25, -0.2) is 0 Å². The Morgan fingerprint density at radius 2 is 1.83 bits per heavy atom. The van der Waals surface area contributed by atoms with E-state index in [-0.39, 0.29) is 12.7 Å². The second-order valence-corrected chi connectivity index (χ2v) is 3.55. The van der Waals surface area contributed by atoms with Crippen molar-refractivity contribution in [1.82, 2.24) is 0 Å². The van der Waals surface area contributed by atoms with Crippen molar-refractivity contribution in [1.29, 1.82) is 0 Å². The van der Waals surface area contributed by atoms with E-state index in [0.717, 1.165) is 19.3 Å². The summed E-state index contributed by atoms with van der Waals surface area (Å²) < 4.78 is 0. The van der Waals surface area contributed by atoms with Crippen LogP contribution in [-0.4, -0.2) is 22.9 Å². The van der Waals surface area contributed by atoms with Crippen molar-refractivity contribution in [2.24, 2.45) is 5.92 Å². The van der Waals surface area contributed by atoms with Gasteiger partial charge in [0.25, 0.3) is 0 Å². The van der Waals surface area contributed by atoms with Crippen molar-refractivity contribution >= 4 is 0 Å². The van der Waals surface area contributed by atoms with E-state index in [1.54, 1.807) is 0 Å². The summed E-state index contributed by atoms with van der Waals surface area (Å²) >= 11 is 0. The average molecular weight is 174 g/mol. The quantitative estimate of drug-likeness (QED) is 0.619. The summed E-state index contributed by atoms with van der Waals surface area (Å²) in [6, 6.07) is 0. The normalized spacial score (nSPS) is 16.0. The van der Waals surface area contributed by atoms with Gasteiger partial charge in [0.1, 0.15) is 0 Å². The Labute approximate surface area is 75.6 Å². The van der Waals surface area contributed by atoms with Crippen molar-refractivity contribution < 1.29 is 10.2 Å². The molecule has 0 aromatic heterocycles. The summed E-state index contributed by atoms with van der Waals surface area (Å²) in [5, 5.41) is 18.1. The number of unbranched alkanes of at least 4 members (excludes halogenated alkanes) is 1. The Morgan fingerprint density at radius 3 is 2.33 bits per heavy atom. The lowest BCUT2D eigenvalue weighted by Crippen LogP contribution is -2.17. The van der Waals surface area contributed by atoms with Crippen LogP contribution in [0, 0.1) is 5.92 Å². The van der Waals surface area contributed by atoms with Gasteiger partial charge in [-0.1, -0.05) is 26.7 Å². The molecule has 0 bridgehead atoms. The van der Waals surface area contributed by atoms with Crippen molar-refractivity contribution in [2.45, 2.75) is 52.1 Å². The second kappa shape index (κ2) is 7.56. The molecule has 0 heterocycles. The van der Waals surface area contributed by atoms with Gasteiger partial charge in [0.05, 0.1) is 6.10 Å². The van der Waals surface area contributed by atoms with E-state index in [4.69, 9.17) is 5.11 Å². The molecule has 0 aliphatic rings. The zero-order valence-corrected chi connectivity index (χ0v) is 8.29. The fourth-order valence-corrected chi connectivity index (χ4v) is 1.30. The summed E-state index contributed by atoms with van der Waals surface area (Å²) in [5.74, 6) is 0.386. The third-order valence-electron chi connectivity index (χ3n) is 2.33. The van der Waals surface area contributed by atoms with Gasteiger partial charge < -0.3 is 10.2 Å². The third kappa shape index (κ3) is 5.56. The summed E-state index contributed by atoms with van der Waals surface area (Å²) in [6.45, 7) is 4.43. The average Bonchev–Trinajstić information content (AvgIpc) is 2.10. The van der Waals surface area contributed by atoms with Crippen LogP contribution in [0.3, 0.4) is 0 Å². The van der Waals surface area contributed by atoms with E-state index in [0.29, 0.717) is 5.92 Å². The van der Waals surface area contributed by atoms with Crippen LogP contribution in [0.15, 0.2) is 0 Å². The van der Waals surface area contributed by atoms with Gasteiger partial charge >= 0.3 is 0 Å². The molecule has 0 radical (unpaired) electrons. The first-order chi connectivity index (χ1) is 5.72. The lowest BCUT2D eigenvalue weighted by molar-refractivity contribution is 0.0930. The lowest BCUT2D eigenvalue weighted by atomic mass is 9.95. The molecule has 0 rings (SSSR count). The van der Waals surface area contributed by atoms with Gasteiger partial charge in [-0.15, -0.1) is 0 Å². The predicted octanol–water partition coefficient (Wildman–Crippen LogP) is 1.95. The molecule has 0 spiro atoms. The van der Waals surface area contributed by atoms with E-state index in [1.165, 1.54) is 12.8 Å². The SMILES string of the molecule is CCCCC(C)C(O)CCCO. The van der Waals surface area contributed by atoms with Crippen LogP contribution in [0.4, 0.5) is 0 Å². The Bertz CT molecular complexity index is 81.8. The topological polar surface area (TPSA) is 40.5 Å². The molecule has 2 N–H and O–H groups in total. The Morgan fingerprint density at radius 1 is 1.17 bits per heavy atom. The number of hydrogen-bond acceptors (Lipinski definition) is 2. The fraction of sp³-hybridized carbons (Fsp3) is 1.00. The molecule has 74 valence electrons. The first-order valence-electron chi connectivity index (χ1n) is 5.01. The van der Waals surface area contributed by atoms with Crippen molar-refractivity contribution in [3.63, 3.8) is 0 Å². The highest BCUT2D eigenvalue weighted by Crippen LogP contribution is 2.15. The van der Waals surface area contributed by atoms with Gasteiger partial charge in [-0.2, -0.15) is 0 Å². The minimum absolute atomic E-state index is 0.192. The largest absolute Gasteiger partial charge is 0.396 e. The summed E-state index contributed by atoms with van der Waals surface area (Å²) in [4.78, 5) is 0. The van der Waals surface area contributed by atoms with Crippen LogP contribution >= 0.6 is 0 Å². The lowest BCUT2D eigenvalue weighted by Gasteiger charge is -2.17. The molecule has 0 saturated heterocycles. The van der Waals surface area contributed by atoms with Crippen molar-refractivity contribution in [3.8, 4) is 0 Å². The molecule has 0 aromatic carbocycles. The van der Waals surface area contributed by atoms with Gasteiger partial charge in [-0.3, -0.25) is 0 Å². The summed E-state index contributed by atoms with van der Waals surface area (Å²) in [7, 11) is 0. The van der Waals surface area contributed by atoms with Gasteiger partial charge in [0.15, 0.2) is 0 Å². The van der Waals surface area contributed by atoms with Crippen LogP contribution in [0.1, 0.15) is 46.0 Å². The molecule has 12 heavy (non-hydrogen) atoms. The fourth-order valence-electron chi connectivity index (χ4n) is 1.30. The highest BCUT2D eigenvalue weighted by Gasteiger charge is 2.12. The summed E-state index contributed by atoms with van der Waals surface area (Å²) in [5.41, 5.74) is 0. The van der Waals surface area contributed by atoms with E-state index >= 15 is 0 Å². The van der Waals surface area contributed by atoms with Crippen LogP contribution in [0.25, 0.3) is 0 Å². The summed E-state index contributed by atoms with van der Waals surface area (Å²) in [6.07, 6.45) is 4.72. The highest BCUT2D eigenvalue weighted by molar-refractivity contribution is 4.64. The number of rotatable bonds is 7. The first kappa shape index (κ1) is 11.9. The van der Waals surface area contributed by atoms with Gasteiger partial charge in [0, 0.05) is 6.61 Å². The molecular weight excluding hydrogens is 152 g/mol. The van der Waals surface area contributed by atoms with Crippen LogP contribution < -0.4 is 0 Å². The zero-order chi connectivity index (χ0) is 9.40. The Balaban J connectivity index is 3.39. The van der Waals surface area contributed by atoms with E-state index < -0.39 is 0 Å². The van der Waals surface area contributed by atoms with E-state index in [1.807, 2.05) is 0 Å². The molecule has 0 amide bonds. The van der Waals surface area contributed by atoms with Gasteiger partial charge in [-0.05, 0) is 25.2 Å². The van der Waals surface area contributed by atoms with Crippen molar-refractivity contribution in [2.75, 3.05) is 6.61 Å². The van der Waals surface area contributed by atoms with Gasteiger partial charge in [0.2, 0.25) is 0 Å². The third-order valence-corrected chi connectivity index (χ3v) is 2.33. The smallest absolute Gasteiger partial charge is 0.0566 e. The standard InChI is InChI=1S/C10H22O2/c1-3-4-6-9(2)10(12)7-5-8-11/h9-12H,3-8H2,1-2H3. The van der Waals surface area contributed by atoms with Crippen LogP contribution in [0.5, 0.6) is 0 Å². The maximum absolute atomic E-state index is 9.56. The van der Waals surface area contributed by atoms with Crippen LogP contribution in [0.2, 0.25) is 0 Å². The Hall–Kier alpha value is -0.0800. The maximum Gasteiger partial charge on any atom is 0.0566 e. The molecule has 0 aliphatic carbocycles. The molecule has 0 fully saturated rings. The number of aliphatic hydroxyl groups excluding tert-OH is 2. The van der Waals surface area contributed by atoms with E-state index in [2.05, 4.69) is 13.8 Å². The molecule has 2 unspecified atom stereocenters. The maximum atomic E-state index is 9.56. The molecular formula is C10H22O2. The molecule has 2 heteroatoms. The Kier molecular flexibility index (Phi) is 7.51. The minimum Gasteiger partial charge on any atom is -0.396 e. The first-order valence-corrected chi connectivity index (χ1v) is 5.01. The minimum atomic E-state index is -0.219. The highest BCUT2D eigenvalue weighted by atomic mass is 16.3. The van der Waals surface area contributed by atoms with Crippen molar-refractivity contribution in [3.05, 3.63) is 0 Å². The molecule has 0 aliphatic heterocycles. The number of hydrogen-bond donors (Lipinski definition) is 2. The molecule has 2 atom stereocenters. The zero-order valence-electron chi connectivity index (χ0n) is 8.29. The van der Waals surface area contributed by atoms with Crippen LogP contribution in [-0.2, 0) is 0 Å². The monoisotopic (exact) mass is 174 g/mol. The molecule has 2 nitrogen and oxygen atoms in total. The molecule has 0 saturated carbocycles. The predicted molar refractivity (Wildman–Crippen MR) is 51.0 cm³/mol. The number of aliphatic hydroxyl groups is 2. The molecule has 0 aromatic rings. The van der Waals surface area contributed by atoms with E-state index in [9.17, 15) is 5.11 Å².